The summed E-state index contributed by atoms with van der Waals surface area (Å²) in [7, 11) is 0. The minimum absolute atomic E-state index is 0.00860. The summed E-state index contributed by atoms with van der Waals surface area (Å²) in [5.74, 6) is -1.08. The second kappa shape index (κ2) is 7.67. The quantitative estimate of drug-likeness (QED) is 0.476. The molecular weight excluding hydrogens is 380 g/mol. The lowest BCUT2D eigenvalue weighted by atomic mass is 10.1. The zero-order chi connectivity index (χ0) is 21.3. The van der Waals surface area contributed by atoms with Crippen molar-refractivity contribution in [3.63, 3.8) is 0 Å². The zero-order valence-electron chi connectivity index (χ0n) is 16.5. The minimum Gasteiger partial charge on any atom is -0.364 e. The summed E-state index contributed by atoms with van der Waals surface area (Å²) >= 11 is 0. The number of anilines is 1. The number of carbonyl (C=O) groups is 2. The fraction of sp³-hybridized carbons (Fsp3) is 0.0909. The molecular formula is C22H20N6O2. The van der Waals surface area contributed by atoms with Crippen LogP contribution in [-0.4, -0.2) is 31.3 Å². The topological polar surface area (TPSA) is 119 Å². The molecule has 0 aliphatic heterocycles. The number of nitrogens with one attached hydrogen (secondary N) is 2. The molecule has 2 amide bonds. The van der Waals surface area contributed by atoms with Crippen LogP contribution in [0.5, 0.6) is 0 Å². The number of aryl methyl sites for hydroxylation is 2. The van der Waals surface area contributed by atoms with Crippen LogP contribution in [0.2, 0.25) is 0 Å². The van der Waals surface area contributed by atoms with Crippen molar-refractivity contribution >= 4 is 17.8 Å². The van der Waals surface area contributed by atoms with Crippen molar-refractivity contribution in [3.8, 4) is 16.9 Å². The van der Waals surface area contributed by atoms with Crippen molar-refractivity contribution in [1.82, 2.24) is 19.5 Å². The Balaban J connectivity index is 1.64. The van der Waals surface area contributed by atoms with E-state index in [4.69, 9.17) is 5.73 Å². The van der Waals surface area contributed by atoms with Gasteiger partial charge in [-0.25, -0.2) is 9.97 Å². The summed E-state index contributed by atoms with van der Waals surface area (Å²) in [4.78, 5) is 36.3. The van der Waals surface area contributed by atoms with E-state index >= 15 is 0 Å². The van der Waals surface area contributed by atoms with Gasteiger partial charge in [-0.1, -0.05) is 48.0 Å². The number of aromatic nitrogens is 4. The van der Waals surface area contributed by atoms with E-state index in [1.165, 1.54) is 10.9 Å². The second-order valence-corrected chi connectivity index (χ2v) is 6.93. The van der Waals surface area contributed by atoms with Gasteiger partial charge in [-0.3, -0.25) is 19.5 Å². The highest BCUT2D eigenvalue weighted by atomic mass is 16.2. The molecule has 0 aliphatic rings. The van der Waals surface area contributed by atoms with E-state index in [0.717, 1.165) is 28.1 Å². The Labute approximate surface area is 172 Å². The molecule has 0 aliphatic carbocycles. The number of carbonyl (C=O) groups excluding carboxylic acids is 2. The minimum atomic E-state index is -0.748. The van der Waals surface area contributed by atoms with Crippen molar-refractivity contribution in [2.45, 2.75) is 13.8 Å². The van der Waals surface area contributed by atoms with Gasteiger partial charge in [0, 0.05) is 0 Å². The maximum absolute atomic E-state index is 12.8. The molecule has 8 heteroatoms. The average molecular weight is 400 g/mol. The molecule has 0 saturated carbocycles. The Bertz CT molecular complexity index is 1240. The highest BCUT2D eigenvalue weighted by molar-refractivity contribution is 6.09. The third-order valence-electron chi connectivity index (χ3n) is 4.72. The van der Waals surface area contributed by atoms with Crippen LogP contribution in [0.1, 0.15) is 32.1 Å². The number of amides is 2. The lowest BCUT2D eigenvalue weighted by molar-refractivity contribution is 0.0970. The van der Waals surface area contributed by atoms with Gasteiger partial charge in [-0.15, -0.1) is 0 Å². The smallest absolute Gasteiger partial charge is 0.279 e. The average Bonchev–Trinajstić information content (AvgIpc) is 3.36. The van der Waals surface area contributed by atoms with Crippen molar-refractivity contribution in [1.29, 1.82) is 0 Å². The molecule has 4 aromatic rings. The number of hydrogen-bond acceptors (Lipinski definition) is 4. The Hall–Kier alpha value is -4.20. The molecule has 30 heavy (non-hydrogen) atoms. The maximum Gasteiger partial charge on any atom is 0.279 e. The fourth-order valence-corrected chi connectivity index (χ4v) is 3.32. The number of hydrogen-bond donors (Lipinski definition) is 3. The third kappa shape index (κ3) is 3.58. The normalized spacial score (nSPS) is 10.7. The van der Waals surface area contributed by atoms with Crippen LogP contribution in [0.25, 0.3) is 16.9 Å². The predicted octanol–water partition coefficient (Wildman–Crippen LogP) is 3.23. The molecule has 150 valence electrons. The molecule has 0 spiro atoms. The van der Waals surface area contributed by atoms with Gasteiger partial charge in [0.1, 0.15) is 12.0 Å². The monoisotopic (exact) mass is 400 g/mol. The Morgan fingerprint density at radius 3 is 2.53 bits per heavy atom. The van der Waals surface area contributed by atoms with Crippen LogP contribution in [0, 0.1) is 13.8 Å². The first-order valence-corrected chi connectivity index (χ1v) is 9.30. The summed E-state index contributed by atoms with van der Waals surface area (Å²) in [6.07, 6.45) is 3.04. The van der Waals surface area contributed by atoms with E-state index in [-0.39, 0.29) is 17.3 Å². The number of benzene rings is 2. The van der Waals surface area contributed by atoms with Gasteiger partial charge in [0.15, 0.2) is 5.69 Å². The number of nitrogens with two attached hydrogens (primary N) is 1. The van der Waals surface area contributed by atoms with E-state index < -0.39 is 11.8 Å². The first-order chi connectivity index (χ1) is 14.4. The van der Waals surface area contributed by atoms with Gasteiger partial charge >= 0.3 is 0 Å². The van der Waals surface area contributed by atoms with Gasteiger partial charge in [0.05, 0.1) is 17.6 Å². The van der Waals surface area contributed by atoms with Gasteiger partial charge in [-0.2, -0.15) is 0 Å². The van der Waals surface area contributed by atoms with Gasteiger partial charge < -0.3 is 10.7 Å². The van der Waals surface area contributed by atoms with Gasteiger partial charge in [0.2, 0.25) is 5.95 Å². The first kappa shape index (κ1) is 19.1. The molecule has 8 nitrogen and oxygen atoms in total. The number of nitrogens with zero attached hydrogens (tertiary/aromatic N) is 3. The van der Waals surface area contributed by atoms with Crippen LogP contribution < -0.4 is 11.1 Å². The van der Waals surface area contributed by atoms with Crippen LogP contribution in [0.3, 0.4) is 0 Å². The molecule has 2 aromatic heterocycles. The number of H-pyrrole nitrogens is 1. The number of primary amides is 1. The van der Waals surface area contributed by atoms with E-state index in [1.54, 1.807) is 6.20 Å². The molecule has 0 unspecified atom stereocenters. The highest BCUT2D eigenvalue weighted by Gasteiger charge is 2.24. The molecule has 4 N–H and O–H groups in total. The van der Waals surface area contributed by atoms with E-state index in [0.29, 0.717) is 0 Å². The van der Waals surface area contributed by atoms with Crippen LogP contribution in [0.4, 0.5) is 5.95 Å². The van der Waals surface area contributed by atoms with Crippen LogP contribution in [0.15, 0.2) is 61.1 Å². The second-order valence-electron chi connectivity index (χ2n) is 6.93. The Morgan fingerprint density at radius 2 is 1.83 bits per heavy atom. The Morgan fingerprint density at radius 1 is 1.07 bits per heavy atom. The summed E-state index contributed by atoms with van der Waals surface area (Å²) in [6.45, 7) is 3.90. The first-order valence-electron chi connectivity index (χ1n) is 9.30. The van der Waals surface area contributed by atoms with Gasteiger partial charge in [0.25, 0.3) is 11.8 Å². The lowest BCUT2D eigenvalue weighted by Crippen LogP contribution is -2.23. The number of imidazole rings is 2. The SMILES string of the molecule is Cc1ccc(-n2cnc(C(=O)Nc3ncc(-c4ccccc4)[nH]3)c2C(N)=O)c(C)c1. The summed E-state index contributed by atoms with van der Waals surface area (Å²) < 4.78 is 1.53. The molecule has 4 rings (SSSR count). The van der Waals surface area contributed by atoms with Crippen molar-refractivity contribution in [2.75, 3.05) is 5.32 Å². The van der Waals surface area contributed by atoms with Crippen molar-refractivity contribution < 1.29 is 9.59 Å². The van der Waals surface area contributed by atoms with Crippen molar-refractivity contribution in [3.05, 3.63) is 83.6 Å². The molecule has 0 saturated heterocycles. The molecule has 0 bridgehead atoms. The fourth-order valence-electron chi connectivity index (χ4n) is 3.32. The molecule has 0 fully saturated rings. The van der Waals surface area contributed by atoms with E-state index in [9.17, 15) is 9.59 Å². The van der Waals surface area contributed by atoms with Crippen LogP contribution >= 0.6 is 0 Å². The molecule has 2 aromatic carbocycles. The zero-order valence-corrected chi connectivity index (χ0v) is 16.5. The Kier molecular flexibility index (Phi) is 4.89. The molecule has 0 radical (unpaired) electrons. The van der Waals surface area contributed by atoms with Gasteiger partial charge in [-0.05, 0) is 31.0 Å². The van der Waals surface area contributed by atoms with E-state index in [2.05, 4.69) is 20.3 Å². The van der Waals surface area contributed by atoms with E-state index in [1.807, 2.05) is 62.4 Å². The summed E-state index contributed by atoms with van der Waals surface area (Å²) in [5.41, 5.74) is 9.95. The standard InChI is InChI=1S/C22H20N6O2/c1-13-8-9-17(14(2)10-13)28-12-25-18(19(28)20(23)29)21(30)27-22-24-11-16(26-22)15-6-4-3-5-7-15/h3-12H,1-2H3,(H2,23,29)(H2,24,26,27,30). The number of aromatic amines is 1. The molecule has 2 heterocycles. The molecule has 0 atom stereocenters. The largest absolute Gasteiger partial charge is 0.364 e. The van der Waals surface area contributed by atoms with Crippen molar-refractivity contribution in [2.24, 2.45) is 5.73 Å². The highest BCUT2D eigenvalue weighted by Crippen LogP contribution is 2.21. The van der Waals surface area contributed by atoms with Crippen LogP contribution in [-0.2, 0) is 0 Å². The third-order valence-corrected chi connectivity index (χ3v) is 4.72. The lowest BCUT2D eigenvalue weighted by Gasteiger charge is -2.11. The maximum atomic E-state index is 12.8. The predicted molar refractivity (Wildman–Crippen MR) is 114 cm³/mol. The summed E-state index contributed by atoms with van der Waals surface area (Å²) in [6, 6.07) is 15.3. The summed E-state index contributed by atoms with van der Waals surface area (Å²) in [5, 5.41) is 2.64. The number of rotatable bonds is 5.